The Kier molecular flexibility index (Phi) is 4.43. The maximum atomic E-state index is 4.86. The van der Waals surface area contributed by atoms with Gasteiger partial charge in [0, 0.05) is 34.4 Å². The second-order valence-electron chi connectivity index (χ2n) is 6.41. The van der Waals surface area contributed by atoms with Gasteiger partial charge in [-0.25, -0.2) is 9.97 Å². The molecule has 0 saturated heterocycles. The molecule has 0 radical (unpaired) electrons. The van der Waals surface area contributed by atoms with Gasteiger partial charge in [-0.2, -0.15) is 0 Å². The standard InChI is InChI=1S/C22H16N4S2/c1-15-7-9-17(10-8-15)28-26-13-18(20-21(26)24-12-11-23-20)22-25-19(14-27-22)16-5-3-2-4-6-16/h2-14H,1H3. The molecule has 5 aromatic rings. The Bertz CT molecular complexity index is 1240. The molecule has 0 fully saturated rings. The zero-order valence-electron chi connectivity index (χ0n) is 15.1. The van der Waals surface area contributed by atoms with E-state index in [0.717, 1.165) is 37.9 Å². The normalized spacial score (nSPS) is 11.2. The Morgan fingerprint density at radius 3 is 2.54 bits per heavy atom. The van der Waals surface area contributed by atoms with Crippen molar-refractivity contribution >= 4 is 34.4 Å². The van der Waals surface area contributed by atoms with Crippen LogP contribution >= 0.6 is 23.3 Å². The van der Waals surface area contributed by atoms with Gasteiger partial charge in [-0.3, -0.25) is 8.96 Å². The summed E-state index contributed by atoms with van der Waals surface area (Å²) in [7, 11) is 0. The summed E-state index contributed by atoms with van der Waals surface area (Å²) >= 11 is 3.27. The van der Waals surface area contributed by atoms with Crippen molar-refractivity contribution in [3.8, 4) is 21.8 Å². The highest BCUT2D eigenvalue weighted by molar-refractivity contribution is 7.98. The van der Waals surface area contributed by atoms with E-state index in [9.17, 15) is 0 Å². The predicted molar refractivity (Wildman–Crippen MR) is 117 cm³/mol. The number of aromatic nitrogens is 4. The Balaban J connectivity index is 1.57. The highest BCUT2D eigenvalue weighted by Gasteiger charge is 2.16. The number of hydrogen-bond donors (Lipinski definition) is 0. The fraction of sp³-hybridized carbons (Fsp3) is 0.0455. The van der Waals surface area contributed by atoms with Crippen LogP contribution in [0.1, 0.15) is 5.56 Å². The lowest BCUT2D eigenvalue weighted by Crippen LogP contribution is -1.87. The molecule has 3 heterocycles. The molecule has 0 amide bonds. The summed E-state index contributed by atoms with van der Waals surface area (Å²) in [6.07, 6.45) is 5.55. The van der Waals surface area contributed by atoms with E-state index >= 15 is 0 Å². The van der Waals surface area contributed by atoms with Crippen LogP contribution in [0.5, 0.6) is 0 Å². The molecule has 3 aromatic heterocycles. The van der Waals surface area contributed by atoms with Gasteiger partial charge >= 0.3 is 0 Å². The van der Waals surface area contributed by atoms with E-state index < -0.39 is 0 Å². The largest absolute Gasteiger partial charge is 0.269 e. The molecule has 0 atom stereocenters. The van der Waals surface area contributed by atoms with Gasteiger partial charge in [0.05, 0.1) is 11.3 Å². The van der Waals surface area contributed by atoms with Crippen molar-refractivity contribution in [2.45, 2.75) is 11.8 Å². The first kappa shape index (κ1) is 17.2. The van der Waals surface area contributed by atoms with Gasteiger partial charge in [-0.15, -0.1) is 11.3 Å². The quantitative estimate of drug-likeness (QED) is 0.366. The van der Waals surface area contributed by atoms with Gasteiger partial charge in [0.25, 0.3) is 0 Å². The summed E-state index contributed by atoms with van der Waals surface area (Å²) in [5.74, 6) is 0. The smallest absolute Gasteiger partial charge is 0.169 e. The number of hydrogen-bond acceptors (Lipinski definition) is 5. The molecule has 0 spiro atoms. The first-order chi connectivity index (χ1) is 13.8. The first-order valence-corrected chi connectivity index (χ1v) is 10.5. The maximum absolute atomic E-state index is 4.86. The lowest BCUT2D eigenvalue weighted by molar-refractivity contribution is 1.21. The van der Waals surface area contributed by atoms with E-state index in [0.29, 0.717) is 0 Å². The number of aryl methyl sites for hydroxylation is 1. The molecule has 5 rings (SSSR count). The molecule has 0 bridgehead atoms. The van der Waals surface area contributed by atoms with Crippen LogP contribution in [0.15, 0.2) is 83.5 Å². The highest BCUT2D eigenvalue weighted by Crippen LogP contribution is 2.36. The van der Waals surface area contributed by atoms with E-state index in [1.165, 1.54) is 5.56 Å². The average molecular weight is 401 g/mol. The van der Waals surface area contributed by atoms with Crippen molar-refractivity contribution in [3.63, 3.8) is 0 Å². The van der Waals surface area contributed by atoms with Gasteiger partial charge in [-0.05, 0) is 31.0 Å². The lowest BCUT2D eigenvalue weighted by atomic mass is 10.2. The third-order valence-electron chi connectivity index (χ3n) is 4.42. The van der Waals surface area contributed by atoms with Crippen molar-refractivity contribution in [3.05, 3.63) is 84.1 Å². The molecule has 136 valence electrons. The minimum absolute atomic E-state index is 0.847. The molecule has 4 nitrogen and oxygen atoms in total. The van der Waals surface area contributed by atoms with Gasteiger partial charge < -0.3 is 0 Å². The van der Waals surface area contributed by atoms with Gasteiger partial charge in [0.2, 0.25) is 0 Å². The van der Waals surface area contributed by atoms with Crippen LogP contribution in [0, 0.1) is 6.92 Å². The average Bonchev–Trinajstić information content (AvgIpc) is 3.36. The Hall–Kier alpha value is -2.96. The summed E-state index contributed by atoms with van der Waals surface area (Å²) in [5.41, 5.74) is 6.08. The molecule has 0 N–H and O–H groups in total. The minimum Gasteiger partial charge on any atom is -0.269 e. The van der Waals surface area contributed by atoms with Gasteiger partial charge in [0.1, 0.15) is 10.5 Å². The zero-order chi connectivity index (χ0) is 18.9. The zero-order valence-corrected chi connectivity index (χ0v) is 16.7. The van der Waals surface area contributed by atoms with Crippen LogP contribution in [0.4, 0.5) is 0 Å². The summed E-state index contributed by atoms with van der Waals surface area (Å²) in [6, 6.07) is 18.7. The van der Waals surface area contributed by atoms with Crippen molar-refractivity contribution in [1.82, 2.24) is 18.9 Å². The SMILES string of the molecule is Cc1ccc(Sn2cc(-c3nc(-c4ccccc4)cs3)c3nccnc32)cc1. The number of thiazole rings is 1. The van der Waals surface area contributed by atoms with Gasteiger partial charge in [-0.1, -0.05) is 48.0 Å². The maximum Gasteiger partial charge on any atom is 0.169 e. The molecule has 0 aliphatic heterocycles. The molecular formula is C22H16N4S2. The highest BCUT2D eigenvalue weighted by atomic mass is 32.2. The summed E-state index contributed by atoms with van der Waals surface area (Å²) in [6.45, 7) is 2.09. The summed E-state index contributed by atoms with van der Waals surface area (Å²) in [5, 5.41) is 3.05. The van der Waals surface area contributed by atoms with Crippen molar-refractivity contribution in [2.24, 2.45) is 0 Å². The Labute approximate surface area is 171 Å². The van der Waals surface area contributed by atoms with E-state index in [-0.39, 0.29) is 0 Å². The van der Waals surface area contributed by atoms with Crippen LogP contribution < -0.4 is 0 Å². The van der Waals surface area contributed by atoms with Crippen LogP contribution in [-0.2, 0) is 0 Å². The van der Waals surface area contributed by atoms with Crippen LogP contribution in [-0.4, -0.2) is 18.9 Å². The second-order valence-corrected chi connectivity index (χ2v) is 8.31. The molecule has 6 heteroatoms. The topological polar surface area (TPSA) is 43.6 Å². The van der Waals surface area contributed by atoms with Crippen LogP contribution in [0.25, 0.3) is 33.0 Å². The molecule has 28 heavy (non-hydrogen) atoms. The molecule has 0 unspecified atom stereocenters. The third-order valence-corrected chi connectivity index (χ3v) is 6.25. The fourth-order valence-corrected chi connectivity index (χ4v) is 4.70. The number of fused-ring (bicyclic) bond motifs is 1. The summed E-state index contributed by atoms with van der Waals surface area (Å²) in [4.78, 5) is 15.2. The number of benzene rings is 2. The molecule has 2 aromatic carbocycles. The van der Waals surface area contributed by atoms with Crippen molar-refractivity contribution in [1.29, 1.82) is 0 Å². The van der Waals surface area contributed by atoms with Crippen LogP contribution in [0.2, 0.25) is 0 Å². The van der Waals surface area contributed by atoms with Crippen molar-refractivity contribution in [2.75, 3.05) is 0 Å². The molecule has 0 aliphatic rings. The van der Waals surface area contributed by atoms with Crippen molar-refractivity contribution < 1.29 is 0 Å². The first-order valence-electron chi connectivity index (χ1n) is 8.86. The number of rotatable bonds is 4. The molecule has 0 aliphatic carbocycles. The van der Waals surface area contributed by atoms with E-state index in [2.05, 4.69) is 68.8 Å². The Morgan fingerprint density at radius 1 is 0.929 bits per heavy atom. The summed E-state index contributed by atoms with van der Waals surface area (Å²) < 4.78 is 2.08. The lowest BCUT2D eigenvalue weighted by Gasteiger charge is -2.03. The van der Waals surface area contributed by atoms with E-state index in [1.807, 2.05) is 18.2 Å². The fourth-order valence-electron chi connectivity index (χ4n) is 3.00. The molecule has 0 saturated carbocycles. The third kappa shape index (κ3) is 3.21. The van der Waals surface area contributed by atoms with E-state index in [4.69, 9.17) is 4.98 Å². The second kappa shape index (κ2) is 7.22. The number of nitrogens with zero attached hydrogens (tertiary/aromatic N) is 4. The molecular weight excluding hydrogens is 384 g/mol. The predicted octanol–water partition coefficient (Wildman–Crippen LogP) is 6.09. The van der Waals surface area contributed by atoms with Crippen LogP contribution in [0.3, 0.4) is 0 Å². The van der Waals surface area contributed by atoms with Gasteiger partial charge in [0.15, 0.2) is 5.65 Å². The van der Waals surface area contributed by atoms with E-state index in [1.54, 1.807) is 35.7 Å². The Morgan fingerprint density at radius 2 is 1.71 bits per heavy atom. The minimum atomic E-state index is 0.847. The monoisotopic (exact) mass is 400 g/mol.